The molecule has 0 bridgehead atoms. The zero-order valence-corrected chi connectivity index (χ0v) is 10.0. The fourth-order valence-electron chi connectivity index (χ4n) is 2.21. The summed E-state index contributed by atoms with van der Waals surface area (Å²) in [7, 11) is 2.10. The lowest BCUT2D eigenvalue weighted by atomic mass is 10.1. The van der Waals surface area contributed by atoms with Crippen molar-refractivity contribution in [2.75, 3.05) is 25.5 Å². The van der Waals surface area contributed by atoms with Gasteiger partial charge in [-0.1, -0.05) is 0 Å². The number of rotatable bonds is 2. The quantitative estimate of drug-likeness (QED) is 0.855. The van der Waals surface area contributed by atoms with Crippen molar-refractivity contribution in [2.24, 2.45) is 0 Å². The monoisotopic (exact) mass is 240 g/mol. The number of likely N-dealkylation sites (tertiary alicyclic amines) is 1. The third-order valence-corrected chi connectivity index (χ3v) is 3.24. The van der Waals surface area contributed by atoms with Crippen molar-refractivity contribution in [1.29, 1.82) is 0 Å². The summed E-state index contributed by atoms with van der Waals surface area (Å²) in [5.74, 6) is -1.05. The van der Waals surface area contributed by atoms with Crippen LogP contribution in [0.1, 0.15) is 19.3 Å². The molecule has 0 saturated carbocycles. The van der Waals surface area contributed by atoms with Crippen LogP contribution < -0.4 is 5.32 Å². The molecule has 1 saturated heterocycles. The smallest absolute Gasteiger partial charge is 0.149 e. The summed E-state index contributed by atoms with van der Waals surface area (Å²) in [6, 6.07) is 3.96. The molecule has 1 aliphatic heterocycles. The average molecular weight is 240 g/mol. The van der Waals surface area contributed by atoms with Crippen molar-refractivity contribution in [3.63, 3.8) is 0 Å². The molecule has 4 heteroatoms. The molecule has 0 radical (unpaired) electrons. The fraction of sp³-hybridized carbons (Fsp3) is 0.538. The van der Waals surface area contributed by atoms with Gasteiger partial charge in [-0.25, -0.2) is 8.78 Å². The molecule has 1 aromatic carbocycles. The predicted octanol–water partition coefficient (Wildman–Crippen LogP) is 2.86. The third-order valence-electron chi connectivity index (χ3n) is 3.24. The Bertz CT molecular complexity index is 382. The van der Waals surface area contributed by atoms with E-state index in [1.54, 1.807) is 0 Å². The molecule has 0 aromatic heterocycles. The van der Waals surface area contributed by atoms with Crippen LogP contribution in [0.4, 0.5) is 14.5 Å². The zero-order chi connectivity index (χ0) is 12.3. The second-order valence-electron chi connectivity index (χ2n) is 4.70. The number of hydrogen-bond donors (Lipinski definition) is 1. The van der Waals surface area contributed by atoms with Gasteiger partial charge in [-0.2, -0.15) is 0 Å². The molecule has 1 aromatic rings. The van der Waals surface area contributed by atoms with Crippen LogP contribution in [0.15, 0.2) is 18.2 Å². The van der Waals surface area contributed by atoms with E-state index in [0.29, 0.717) is 5.69 Å². The number of hydrogen-bond acceptors (Lipinski definition) is 2. The summed E-state index contributed by atoms with van der Waals surface area (Å²) in [5.41, 5.74) is 0.404. The van der Waals surface area contributed by atoms with Crippen LogP contribution in [0.2, 0.25) is 0 Å². The van der Waals surface area contributed by atoms with E-state index in [4.69, 9.17) is 0 Å². The summed E-state index contributed by atoms with van der Waals surface area (Å²) >= 11 is 0. The Morgan fingerprint density at radius 2 is 2.06 bits per heavy atom. The number of nitrogens with one attached hydrogen (secondary N) is 1. The predicted molar refractivity (Wildman–Crippen MR) is 65.1 cm³/mol. The van der Waals surface area contributed by atoms with E-state index in [0.717, 1.165) is 38.4 Å². The van der Waals surface area contributed by atoms with Gasteiger partial charge in [0, 0.05) is 12.1 Å². The molecule has 1 fully saturated rings. The number of halogens is 2. The Hall–Kier alpha value is -1.16. The van der Waals surface area contributed by atoms with Crippen molar-refractivity contribution in [1.82, 2.24) is 4.90 Å². The summed E-state index contributed by atoms with van der Waals surface area (Å²) < 4.78 is 26.2. The highest BCUT2D eigenvalue weighted by Crippen LogP contribution is 2.19. The second-order valence-corrected chi connectivity index (χ2v) is 4.70. The lowest BCUT2D eigenvalue weighted by Crippen LogP contribution is -2.23. The van der Waals surface area contributed by atoms with Gasteiger partial charge in [0.1, 0.15) is 11.6 Å². The molecular weight excluding hydrogens is 222 g/mol. The van der Waals surface area contributed by atoms with Crippen LogP contribution in [-0.4, -0.2) is 31.1 Å². The van der Waals surface area contributed by atoms with Gasteiger partial charge < -0.3 is 10.2 Å². The minimum atomic E-state index is -0.534. The molecule has 0 amide bonds. The van der Waals surface area contributed by atoms with Gasteiger partial charge >= 0.3 is 0 Å². The van der Waals surface area contributed by atoms with Crippen LogP contribution in [0.25, 0.3) is 0 Å². The van der Waals surface area contributed by atoms with Gasteiger partial charge in [-0.3, -0.25) is 0 Å². The molecule has 1 heterocycles. The third kappa shape index (κ3) is 3.40. The van der Waals surface area contributed by atoms with E-state index in [9.17, 15) is 8.78 Å². The Labute approximate surface area is 101 Å². The van der Waals surface area contributed by atoms with E-state index < -0.39 is 11.6 Å². The molecule has 2 rings (SSSR count). The van der Waals surface area contributed by atoms with E-state index in [-0.39, 0.29) is 6.04 Å². The van der Waals surface area contributed by atoms with Crippen molar-refractivity contribution in [3.05, 3.63) is 29.8 Å². The number of benzene rings is 1. The Kier molecular flexibility index (Phi) is 3.94. The fourth-order valence-corrected chi connectivity index (χ4v) is 2.21. The topological polar surface area (TPSA) is 15.3 Å². The molecule has 0 aliphatic carbocycles. The minimum Gasteiger partial charge on any atom is -0.380 e. The van der Waals surface area contributed by atoms with Crippen molar-refractivity contribution >= 4 is 5.69 Å². The van der Waals surface area contributed by atoms with Crippen LogP contribution in [-0.2, 0) is 0 Å². The summed E-state index contributed by atoms with van der Waals surface area (Å²) in [5, 5.41) is 3.17. The maximum atomic E-state index is 13.5. The van der Waals surface area contributed by atoms with Crippen LogP contribution in [0, 0.1) is 11.6 Å². The largest absolute Gasteiger partial charge is 0.380 e. The highest BCUT2D eigenvalue weighted by atomic mass is 19.1. The van der Waals surface area contributed by atoms with Gasteiger partial charge in [0.2, 0.25) is 0 Å². The maximum Gasteiger partial charge on any atom is 0.149 e. The molecular formula is C13H18F2N2. The first kappa shape index (κ1) is 12.3. The van der Waals surface area contributed by atoms with Crippen LogP contribution in [0.3, 0.4) is 0 Å². The number of anilines is 1. The van der Waals surface area contributed by atoms with Gasteiger partial charge in [0.15, 0.2) is 0 Å². The first-order valence-corrected chi connectivity index (χ1v) is 6.05. The first-order chi connectivity index (χ1) is 8.15. The molecule has 1 aliphatic rings. The van der Waals surface area contributed by atoms with E-state index in [1.807, 2.05) is 0 Å². The summed E-state index contributed by atoms with van der Waals surface area (Å²) in [6.45, 7) is 2.10. The summed E-state index contributed by atoms with van der Waals surface area (Å²) in [4.78, 5) is 2.28. The van der Waals surface area contributed by atoms with Crippen molar-refractivity contribution in [2.45, 2.75) is 25.3 Å². The average Bonchev–Trinajstić information content (AvgIpc) is 2.48. The molecule has 17 heavy (non-hydrogen) atoms. The van der Waals surface area contributed by atoms with Gasteiger partial charge in [-0.05, 0) is 51.5 Å². The number of nitrogens with zero attached hydrogens (tertiary/aromatic N) is 1. The highest BCUT2D eigenvalue weighted by molar-refractivity contribution is 5.45. The van der Waals surface area contributed by atoms with Gasteiger partial charge in [0.25, 0.3) is 0 Å². The highest BCUT2D eigenvalue weighted by Gasteiger charge is 2.15. The van der Waals surface area contributed by atoms with Gasteiger partial charge in [-0.15, -0.1) is 0 Å². The molecule has 2 nitrogen and oxygen atoms in total. The van der Waals surface area contributed by atoms with Gasteiger partial charge in [0.05, 0.1) is 5.69 Å². The lowest BCUT2D eigenvalue weighted by molar-refractivity contribution is 0.348. The molecule has 94 valence electrons. The lowest BCUT2D eigenvalue weighted by Gasteiger charge is -2.18. The van der Waals surface area contributed by atoms with E-state index in [2.05, 4.69) is 17.3 Å². The molecule has 1 N–H and O–H groups in total. The molecule has 0 spiro atoms. The zero-order valence-electron chi connectivity index (χ0n) is 10.0. The van der Waals surface area contributed by atoms with E-state index >= 15 is 0 Å². The van der Waals surface area contributed by atoms with E-state index in [1.165, 1.54) is 12.1 Å². The molecule has 1 atom stereocenters. The van der Waals surface area contributed by atoms with Crippen LogP contribution in [0.5, 0.6) is 0 Å². The van der Waals surface area contributed by atoms with Crippen molar-refractivity contribution in [3.8, 4) is 0 Å². The standard InChI is InChI=1S/C13H18F2N2/c1-17-7-2-3-11(6-8-17)16-13-5-4-10(14)9-12(13)15/h4-5,9,11,16H,2-3,6-8H2,1H3. The Morgan fingerprint density at radius 1 is 1.24 bits per heavy atom. The minimum absolute atomic E-state index is 0.278. The first-order valence-electron chi connectivity index (χ1n) is 6.05. The molecule has 1 unspecified atom stereocenters. The second kappa shape index (κ2) is 5.45. The van der Waals surface area contributed by atoms with Crippen molar-refractivity contribution < 1.29 is 8.78 Å². The summed E-state index contributed by atoms with van der Waals surface area (Å²) in [6.07, 6.45) is 3.13. The Morgan fingerprint density at radius 3 is 2.82 bits per heavy atom. The SMILES string of the molecule is CN1CCCC(Nc2ccc(F)cc2F)CC1. The normalized spacial score (nSPS) is 22.2. The Balaban J connectivity index is 2.00. The maximum absolute atomic E-state index is 13.5. The van der Waals surface area contributed by atoms with Crippen LogP contribution >= 0.6 is 0 Å².